The molecule has 1 aliphatic rings. The molecule has 1 aliphatic heterocycles. The van der Waals surface area contributed by atoms with Crippen LogP contribution in [0, 0.1) is 0 Å². The Hall–Kier alpha value is -4.17. The molecule has 2 heterocycles. The van der Waals surface area contributed by atoms with Gasteiger partial charge in [0.15, 0.2) is 0 Å². The van der Waals surface area contributed by atoms with Crippen molar-refractivity contribution in [3.63, 3.8) is 0 Å². The highest BCUT2D eigenvalue weighted by Gasteiger charge is 2.51. The highest BCUT2D eigenvalue weighted by Crippen LogP contribution is 2.34. The lowest BCUT2D eigenvalue weighted by Crippen LogP contribution is -2.43. The lowest BCUT2D eigenvalue weighted by atomic mass is 10.0. The zero-order chi connectivity index (χ0) is 28.4. The SMILES string of the molecule is CC1(C)C(=O)N(c2ccc(OC(F)(F)F)cc2)C(=O)N1Cc1ccnc(NS(=O)(=O)NCc2ccccc2)c1. The summed E-state index contributed by atoms with van der Waals surface area (Å²) < 4.78 is 70.9. The number of halogens is 3. The molecule has 0 unspecified atom stereocenters. The van der Waals surface area contributed by atoms with Gasteiger partial charge in [0.05, 0.1) is 5.69 Å². The number of pyridine rings is 1. The summed E-state index contributed by atoms with van der Waals surface area (Å²) in [4.78, 5) is 32.6. The van der Waals surface area contributed by atoms with Crippen LogP contribution in [0.1, 0.15) is 25.0 Å². The molecule has 2 N–H and O–H groups in total. The summed E-state index contributed by atoms with van der Waals surface area (Å²) in [6.07, 6.45) is -3.52. The van der Waals surface area contributed by atoms with Crippen LogP contribution in [0.5, 0.6) is 5.75 Å². The number of ether oxygens (including phenoxy) is 1. The molecular formula is C25H24F3N5O5S. The van der Waals surface area contributed by atoms with Gasteiger partial charge in [0.1, 0.15) is 17.1 Å². The predicted octanol–water partition coefficient (Wildman–Crippen LogP) is 4.17. The van der Waals surface area contributed by atoms with Crippen molar-refractivity contribution in [3.05, 3.63) is 84.1 Å². The second-order valence-corrected chi connectivity index (χ2v) is 10.6. The number of nitrogens with zero attached hydrogens (tertiary/aromatic N) is 3. The van der Waals surface area contributed by atoms with E-state index in [4.69, 9.17) is 0 Å². The van der Waals surface area contributed by atoms with Crippen molar-refractivity contribution < 1.29 is 35.9 Å². The highest BCUT2D eigenvalue weighted by molar-refractivity contribution is 7.90. The van der Waals surface area contributed by atoms with Crippen LogP contribution in [0.3, 0.4) is 0 Å². The minimum Gasteiger partial charge on any atom is -0.406 e. The number of imide groups is 1. The number of rotatable bonds is 9. The van der Waals surface area contributed by atoms with E-state index in [1.54, 1.807) is 30.3 Å². The number of carbonyl (C=O) groups excluding carboxylic acids is 2. The van der Waals surface area contributed by atoms with Crippen molar-refractivity contribution in [1.82, 2.24) is 14.6 Å². The van der Waals surface area contributed by atoms with E-state index in [9.17, 15) is 31.2 Å². The molecule has 1 aromatic heterocycles. The van der Waals surface area contributed by atoms with E-state index in [0.29, 0.717) is 5.56 Å². The van der Waals surface area contributed by atoms with Gasteiger partial charge < -0.3 is 9.64 Å². The predicted molar refractivity (Wildman–Crippen MR) is 136 cm³/mol. The molecule has 2 aromatic carbocycles. The average Bonchev–Trinajstić information content (AvgIpc) is 3.02. The van der Waals surface area contributed by atoms with E-state index < -0.39 is 39.8 Å². The standard InChI is InChI=1S/C25H24F3N5O5S/c1-24(2)22(34)33(19-8-10-20(11-9-19)38-25(26,27)28)23(35)32(24)16-18-12-13-29-21(14-18)31-39(36,37)30-15-17-6-4-3-5-7-17/h3-14,30H,15-16H2,1-2H3,(H,29,31). The van der Waals surface area contributed by atoms with E-state index in [1.807, 2.05) is 6.07 Å². The van der Waals surface area contributed by atoms with Crippen LogP contribution in [0.25, 0.3) is 0 Å². The maximum Gasteiger partial charge on any atom is 0.573 e. The van der Waals surface area contributed by atoms with Gasteiger partial charge in [0.2, 0.25) is 0 Å². The van der Waals surface area contributed by atoms with E-state index in [2.05, 4.69) is 19.2 Å². The number of hydrogen-bond acceptors (Lipinski definition) is 6. The maximum atomic E-state index is 13.3. The van der Waals surface area contributed by atoms with Gasteiger partial charge in [-0.3, -0.25) is 9.52 Å². The molecule has 39 heavy (non-hydrogen) atoms. The van der Waals surface area contributed by atoms with Crippen LogP contribution in [-0.4, -0.2) is 42.1 Å². The van der Waals surface area contributed by atoms with Crippen LogP contribution in [-0.2, 0) is 28.1 Å². The van der Waals surface area contributed by atoms with Gasteiger partial charge in [-0.15, -0.1) is 13.2 Å². The third kappa shape index (κ3) is 6.64. The Balaban J connectivity index is 1.47. The molecule has 0 atom stereocenters. The number of alkyl halides is 3. The van der Waals surface area contributed by atoms with Crippen molar-refractivity contribution in [1.29, 1.82) is 0 Å². The van der Waals surface area contributed by atoms with Crippen LogP contribution in [0.2, 0.25) is 0 Å². The van der Waals surface area contributed by atoms with Crippen molar-refractivity contribution in [2.45, 2.75) is 38.8 Å². The van der Waals surface area contributed by atoms with Crippen LogP contribution < -0.4 is 19.1 Å². The molecule has 14 heteroatoms. The summed E-state index contributed by atoms with van der Waals surface area (Å²) in [5.74, 6) is -1.08. The maximum absolute atomic E-state index is 13.3. The number of nitrogens with one attached hydrogen (secondary N) is 2. The van der Waals surface area contributed by atoms with Crippen molar-refractivity contribution in [2.75, 3.05) is 9.62 Å². The number of anilines is 2. The number of urea groups is 1. The van der Waals surface area contributed by atoms with Gasteiger partial charge in [-0.2, -0.15) is 13.1 Å². The monoisotopic (exact) mass is 563 g/mol. The van der Waals surface area contributed by atoms with Gasteiger partial charge in [-0.05, 0) is 61.4 Å². The second-order valence-electron chi connectivity index (χ2n) is 9.07. The molecule has 4 rings (SSSR count). The molecular weight excluding hydrogens is 539 g/mol. The van der Waals surface area contributed by atoms with E-state index in [1.165, 1.54) is 43.1 Å². The van der Waals surface area contributed by atoms with Crippen LogP contribution >= 0.6 is 0 Å². The summed E-state index contributed by atoms with van der Waals surface area (Å²) in [5.41, 5.74) is 0.00733. The summed E-state index contributed by atoms with van der Waals surface area (Å²) >= 11 is 0. The third-order valence-corrected chi connectivity index (χ3v) is 6.87. The lowest BCUT2D eigenvalue weighted by molar-refractivity contribution is -0.274. The average molecular weight is 564 g/mol. The molecule has 0 spiro atoms. The van der Waals surface area contributed by atoms with E-state index in [-0.39, 0.29) is 24.6 Å². The Kier molecular flexibility index (Phi) is 7.52. The molecule has 0 bridgehead atoms. The van der Waals surface area contributed by atoms with E-state index >= 15 is 0 Å². The van der Waals surface area contributed by atoms with Gasteiger partial charge in [0.25, 0.3) is 5.91 Å². The number of carbonyl (C=O) groups is 2. The van der Waals surface area contributed by atoms with Crippen LogP contribution in [0.15, 0.2) is 72.9 Å². The molecule has 0 aliphatic carbocycles. The van der Waals surface area contributed by atoms with Gasteiger partial charge in [-0.25, -0.2) is 14.7 Å². The van der Waals surface area contributed by atoms with Crippen molar-refractivity contribution in [3.8, 4) is 5.75 Å². The first-order chi connectivity index (χ1) is 18.2. The fourth-order valence-electron chi connectivity index (χ4n) is 3.88. The Labute approximate surface area is 222 Å². The van der Waals surface area contributed by atoms with Gasteiger partial charge in [0, 0.05) is 19.3 Å². The molecule has 1 fully saturated rings. The first kappa shape index (κ1) is 27.9. The molecule has 206 valence electrons. The number of amides is 3. The molecule has 1 saturated heterocycles. The minimum atomic E-state index is -4.88. The normalized spacial score (nSPS) is 15.5. The lowest BCUT2D eigenvalue weighted by Gasteiger charge is -2.27. The van der Waals surface area contributed by atoms with Crippen LogP contribution in [0.4, 0.5) is 29.5 Å². The molecule has 0 radical (unpaired) electrons. The smallest absolute Gasteiger partial charge is 0.406 e. The summed E-state index contributed by atoms with van der Waals surface area (Å²) in [7, 11) is -3.97. The summed E-state index contributed by atoms with van der Waals surface area (Å²) in [5, 5.41) is 0. The van der Waals surface area contributed by atoms with Gasteiger partial charge in [-0.1, -0.05) is 30.3 Å². The van der Waals surface area contributed by atoms with Crippen molar-refractivity contribution in [2.24, 2.45) is 0 Å². The molecule has 0 saturated carbocycles. The molecule has 10 nitrogen and oxygen atoms in total. The quantitative estimate of drug-likeness (QED) is 0.377. The molecule has 3 amide bonds. The topological polar surface area (TPSA) is 121 Å². The largest absolute Gasteiger partial charge is 0.573 e. The Bertz CT molecular complexity index is 1470. The fraction of sp³-hybridized carbons (Fsp3) is 0.240. The summed E-state index contributed by atoms with van der Waals surface area (Å²) in [6.45, 7) is 3.06. The second kappa shape index (κ2) is 10.5. The molecule has 3 aromatic rings. The third-order valence-electron chi connectivity index (χ3n) is 5.87. The zero-order valence-corrected chi connectivity index (χ0v) is 21.6. The summed E-state index contributed by atoms with van der Waals surface area (Å²) in [6, 6.07) is 15.6. The number of aromatic nitrogens is 1. The Morgan fingerprint density at radius 1 is 0.974 bits per heavy atom. The fourth-order valence-corrected chi connectivity index (χ4v) is 4.70. The van der Waals surface area contributed by atoms with Gasteiger partial charge >= 0.3 is 22.6 Å². The Morgan fingerprint density at radius 2 is 1.64 bits per heavy atom. The first-order valence-electron chi connectivity index (χ1n) is 11.5. The zero-order valence-electron chi connectivity index (χ0n) is 20.8. The van der Waals surface area contributed by atoms with Crippen molar-refractivity contribution >= 4 is 33.7 Å². The minimum absolute atomic E-state index is 0.000879. The Morgan fingerprint density at radius 3 is 2.28 bits per heavy atom. The van der Waals surface area contributed by atoms with E-state index in [0.717, 1.165) is 22.6 Å². The number of hydrogen-bond donors (Lipinski definition) is 2. The highest BCUT2D eigenvalue weighted by atomic mass is 32.2. The first-order valence-corrected chi connectivity index (χ1v) is 13.0. The number of benzene rings is 2.